The summed E-state index contributed by atoms with van der Waals surface area (Å²) in [6, 6.07) is 0. The predicted octanol–water partition coefficient (Wildman–Crippen LogP) is -0.489. The molecule has 1 unspecified atom stereocenters. The summed E-state index contributed by atoms with van der Waals surface area (Å²) in [4.78, 5) is 12.9. The number of aromatic nitrogens is 4. The topological polar surface area (TPSA) is 84.1 Å². The van der Waals surface area contributed by atoms with Gasteiger partial charge in [-0.3, -0.25) is 4.79 Å². The van der Waals surface area contributed by atoms with E-state index >= 15 is 0 Å². The monoisotopic (exact) mass is 211 g/mol. The molecule has 1 aliphatic rings. The summed E-state index contributed by atoms with van der Waals surface area (Å²) in [5.41, 5.74) is -0.689. The Labute approximate surface area is 86.7 Å². The minimum absolute atomic E-state index is 0.455. The van der Waals surface area contributed by atoms with E-state index in [2.05, 4.69) is 15.5 Å². The lowest BCUT2D eigenvalue weighted by atomic mass is 9.90. The van der Waals surface area contributed by atoms with E-state index in [9.17, 15) is 4.79 Å². The Hall–Kier alpha value is -1.66. The molecule has 0 radical (unpaired) electrons. The van der Waals surface area contributed by atoms with Gasteiger partial charge in [0.05, 0.1) is 5.41 Å². The molecule has 1 N–H and O–H groups in total. The first-order valence-corrected chi connectivity index (χ1v) is 4.74. The van der Waals surface area contributed by atoms with Crippen molar-refractivity contribution in [3.63, 3.8) is 0 Å². The summed E-state index contributed by atoms with van der Waals surface area (Å²) in [7, 11) is 1.74. The molecule has 0 aromatic carbocycles. The maximum absolute atomic E-state index is 11.0. The van der Waals surface area contributed by atoms with Gasteiger partial charge in [0, 0.05) is 20.1 Å². The number of tetrazole rings is 1. The van der Waals surface area contributed by atoms with Gasteiger partial charge < -0.3 is 10.0 Å². The molecule has 1 atom stereocenters. The van der Waals surface area contributed by atoms with Crippen molar-refractivity contribution in [2.45, 2.75) is 13.3 Å². The van der Waals surface area contributed by atoms with Gasteiger partial charge in [-0.2, -0.15) is 0 Å². The predicted molar refractivity (Wildman–Crippen MR) is 51.4 cm³/mol. The highest BCUT2D eigenvalue weighted by atomic mass is 16.4. The molecule has 0 bridgehead atoms. The molecule has 7 nitrogen and oxygen atoms in total. The number of aliphatic carboxylic acids is 1. The first-order chi connectivity index (χ1) is 7.03. The van der Waals surface area contributed by atoms with Crippen LogP contribution in [0.25, 0.3) is 0 Å². The molecule has 2 rings (SSSR count). The quantitative estimate of drug-likeness (QED) is 0.710. The van der Waals surface area contributed by atoms with E-state index in [0.29, 0.717) is 25.5 Å². The van der Waals surface area contributed by atoms with Gasteiger partial charge in [-0.05, 0) is 23.8 Å². The Bertz CT molecular complexity index is 390. The highest BCUT2D eigenvalue weighted by Crippen LogP contribution is 2.31. The molecule has 1 aliphatic heterocycles. The molecule has 1 aromatic rings. The van der Waals surface area contributed by atoms with Gasteiger partial charge in [-0.1, -0.05) is 5.10 Å². The van der Waals surface area contributed by atoms with Gasteiger partial charge in [0.15, 0.2) is 0 Å². The molecule has 15 heavy (non-hydrogen) atoms. The van der Waals surface area contributed by atoms with E-state index in [1.54, 1.807) is 18.7 Å². The molecule has 1 fully saturated rings. The maximum Gasteiger partial charge on any atom is 0.311 e. The van der Waals surface area contributed by atoms with Crippen LogP contribution in [-0.4, -0.2) is 44.4 Å². The Balaban J connectivity index is 2.18. The van der Waals surface area contributed by atoms with Crippen LogP contribution in [0.1, 0.15) is 13.3 Å². The Morgan fingerprint density at radius 2 is 2.33 bits per heavy atom. The first-order valence-electron chi connectivity index (χ1n) is 4.74. The highest BCUT2D eigenvalue weighted by Gasteiger charge is 2.41. The zero-order valence-corrected chi connectivity index (χ0v) is 8.71. The third-order valence-electron chi connectivity index (χ3n) is 2.87. The van der Waals surface area contributed by atoms with Crippen LogP contribution in [-0.2, 0) is 11.8 Å². The van der Waals surface area contributed by atoms with Crippen molar-refractivity contribution >= 4 is 11.9 Å². The normalized spacial score (nSPS) is 25.9. The van der Waals surface area contributed by atoms with Crippen molar-refractivity contribution in [3.05, 3.63) is 0 Å². The summed E-state index contributed by atoms with van der Waals surface area (Å²) in [5.74, 6) is -0.139. The van der Waals surface area contributed by atoms with Crippen LogP contribution in [0, 0.1) is 5.41 Å². The van der Waals surface area contributed by atoms with E-state index < -0.39 is 11.4 Å². The lowest BCUT2D eigenvalue weighted by molar-refractivity contribution is -0.146. The minimum atomic E-state index is -0.764. The van der Waals surface area contributed by atoms with Crippen molar-refractivity contribution in [1.29, 1.82) is 0 Å². The maximum atomic E-state index is 11.0. The van der Waals surface area contributed by atoms with Gasteiger partial charge >= 0.3 is 5.97 Å². The highest BCUT2D eigenvalue weighted by molar-refractivity contribution is 5.76. The fourth-order valence-corrected chi connectivity index (χ4v) is 1.80. The zero-order chi connectivity index (χ0) is 11.1. The second-order valence-electron chi connectivity index (χ2n) is 4.14. The first kappa shape index (κ1) is 9.88. The average Bonchev–Trinajstić information content (AvgIpc) is 2.73. The minimum Gasteiger partial charge on any atom is -0.481 e. The van der Waals surface area contributed by atoms with E-state index in [0.717, 1.165) is 0 Å². The van der Waals surface area contributed by atoms with Crippen molar-refractivity contribution in [3.8, 4) is 0 Å². The SMILES string of the molecule is Cn1nnnc1N1CCC(C)(C(=O)O)C1. The number of carboxylic acid groups (broad SMARTS) is 1. The second kappa shape index (κ2) is 3.18. The Morgan fingerprint density at radius 3 is 2.80 bits per heavy atom. The van der Waals surface area contributed by atoms with E-state index in [-0.39, 0.29) is 0 Å². The van der Waals surface area contributed by atoms with Gasteiger partial charge in [0.2, 0.25) is 5.95 Å². The summed E-state index contributed by atoms with van der Waals surface area (Å²) in [5, 5.41) is 20.2. The van der Waals surface area contributed by atoms with Gasteiger partial charge in [0.1, 0.15) is 0 Å². The Morgan fingerprint density at radius 1 is 1.60 bits per heavy atom. The van der Waals surface area contributed by atoms with E-state index in [1.807, 2.05) is 4.90 Å². The fourth-order valence-electron chi connectivity index (χ4n) is 1.80. The summed E-state index contributed by atoms with van der Waals surface area (Å²) in [6.07, 6.45) is 0.620. The number of hydrogen-bond acceptors (Lipinski definition) is 5. The van der Waals surface area contributed by atoms with Crippen molar-refractivity contribution < 1.29 is 9.90 Å². The molecule has 0 saturated carbocycles. The molecule has 7 heteroatoms. The average molecular weight is 211 g/mol. The van der Waals surface area contributed by atoms with Crippen LogP contribution in [0.3, 0.4) is 0 Å². The van der Waals surface area contributed by atoms with Gasteiger partial charge in [0.25, 0.3) is 0 Å². The number of anilines is 1. The summed E-state index contributed by atoms with van der Waals surface area (Å²) in [6.45, 7) is 2.88. The number of rotatable bonds is 2. The third-order valence-corrected chi connectivity index (χ3v) is 2.87. The molecule has 1 aromatic heterocycles. The second-order valence-corrected chi connectivity index (χ2v) is 4.14. The zero-order valence-electron chi connectivity index (χ0n) is 8.71. The number of carbonyl (C=O) groups is 1. The molecule has 1 saturated heterocycles. The van der Waals surface area contributed by atoms with Crippen LogP contribution in [0.5, 0.6) is 0 Å². The van der Waals surface area contributed by atoms with Crippen molar-refractivity contribution in [2.24, 2.45) is 12.5 Å². The largest absolute Gasteiger partial charge is 0.481 e. The van der Waals surface area contributed by atoms with Crippen LogP contribution < -0.4 is 4.90 Å². The standard InChI is InChI=1S/C8H13N5O2/c1-8(6(14)15)3-4-13(5-8)7-9-10-11-12(7)2/h3-5H2,1-2H3,(H,14,15). The molecule has 82 valence electrons. The van der Waals surface area contributed by atoms with Crippen LogP contribution in [0.4, 0.5) is 5.95 Å². The van der Waals surface area contributed by atoms with Gasteiger partial charge in [-0.15, -0.1) is 0 Å². The van der Waals surface area contributed by atoms with Gasteiger partial charge in [-0.25, -0.2) is 4.68 Å². The lowest BCUT2D eigenvalue weighted by Gasteiger charge is -2.19. The molecule has 0 aliphatic carbocycles. The molecule has 2 heterocycles. The number of hydrogen-bond donors (Lipinski definition) is 1. The number of nitrogens with zero attached hydrogens (tertiary/aromatic N) is 5. The lowest BCUT2D eigenvalue weighted by Crippen LogP contribution is -2.32. The van der Waals surface area contributed by atoms with Crippen molar-refractivity contribution in [1.82, 2.24) is 20.2 Å². The summed E-state index contributed by atoms with van der Waals surface area (Å²) >= 11 is 0. The third kappa shape index (κ3) is 1.53. The van der Waals surface area contributed by atoms with Crippen LogP contribution in [0.2, 0.25) is 0 Å². The van der Waals surface area contributed by atoms with E-state index in [1.165, 1.54) is 0 Å². The molecular weight excluding hydrogens is 198 g/mol. The smallest absolute Gasteiger partial charge is 0.311 e. The molecular formula is C8H13N5O2. The van der Waals surface area contributed by atoms with E-state index in [4.69, 9.17) is 5.11 Å². The van der Waals surface area contributed by atoms with Crippen LogP contribution >= 0.6 is 0 Å². The Kier molecular flexibility index (Phi) is 2.09. The number of carboxylic acids is 1. The van der Waals surface area contributed by atoms with Crippen LogP contribution in [0.15, 0.2) is 0 Å². The summed E-state index contributed by atoms with van der Waals surface area (Å²) < 4.78 is 1.55. The molecule has 0 amide bonds. The fraction of sp³-hybridized carbons (Fsp3) is 0.750. The molecule has 0 spiro atoms. The number of aryl methyl sites for hydroxylation is 1. The van der Waals surface area contributed by atoms with Crippen molar-refractivity contribution in [2.75, 3.05) is 18.0 Å².